The van der Waals surface area contributed by atoms with E-state index in [1.54, 1.807) is 36.9 Å². The highest BCUT2D eigenvalue weighted by Crippen LogP contribution is 2.32. The van der Waals surface area contributed by atoms with Gasteiger partial charge in [-0.05, 0) is 36.4 Å². The molecule has 4 aromatic rings. The third kappa shape index (κ3) is 4.01. The van der Waals surface area contributed by atoms with Gasteiger partial charge < -0.3 is 9.88 Å². The van der Waals surface area contributed by atoms with E-state index in [2.05, 4.69) is 25.8 Å². The minimum absolute atomic E-state index is 0.280. The van der Waals surface area contributed by atoms with Crippen molar-refractivity contribution in [2.75, 3.05) is 10.6 Å². The van der Waals surface area contributed by atoms with Gasteiger partial charge in [-0.1, -0.05) is 29.0 Å². The number of benzene rings is 1. The highest BCUT2D eigenvalue weighted by molar-refractivity contribution is 8.01. The van der Waals surface area contributed by atoms with Gasteiger partial charge in [0.15, 0.2) is 20.7 Å². The SMILES string of the molecule is Cc1ccc(Cl)cc1NC(=O)Nc1nnc(Sc2nc3c(c(=O)n(C)c(=O)n3C)n2C)s1. The second kappa shape index (κ2) is 8.41. The summed E-state index contributed by atoms with van der Waals surface area (Å²) in [6, 6.07) is 4.71. The van der Waals surface area contributed by atoms with Gasteiger partial charge in [0.25, 0.3) is 5.56 Å². The van der Waals surface area contributed by atoms with Crippen LogP contribution in [0.2, 0.25) is 5.02 Å². The lowest BCUT2D eigenvalue weighted by molar-refractivity contribution is 0.262. The van der Waals surface area contributed by atoms with E-state index in [1.165, 1.54) is 23.4 Å². The lowest BCUT2D eigenvalue weighted by atomic mass is 10.2. The predicted molar refractivity (Wildman–Crippen MR) is 124 cm³/mol. The van der Waals surface area contributed by atoms with E-state index in [0.717, 1.165) is 21.5 Å². The van der Waals surface area contributed by atoms with Crippen LogP contribution < -0.4 is 21.9 Å². The molecule has 0 aliphatic heterocycles. The zero-order chi connectivity index (χ0) is 23.2. The summed E-state index contributed by atoms with van der Waals surface area (Å²) in [7, 11) is 4.66. The van der Waals surface area contributed by atoms with Crippen molar-refractivity contribution in [1.82, 2.24) is 28.9 Å². The standard InChI is InChI=1S/C18H17ClN8O3S2/c1-8-5-6-9(19)7-10(8)20-14(29)22-15-23-24-17(31-15)32-16-21-12-11(25(16)2)13(28)27(4)18(30)26(12)3/h5-7H,1-4H3,(H2,20,22,23,29). The van der Waals surface area contributed by atoms with Crippen LogP contribution in [0.1, 0.15) is 5.56 Å². The first kappa shape index (κ1) is 22.0. The Morgan fingerprint density at radius 1 is 1.09 bits per heavy atom. The number of hydrogen-bond donors (Lipinski definition) is 2. The number of nitrogens with one attached hydrogen (secondary N) is 2. The van der Waals surface area contributed by atoms with Crippen molar-refractivity contribution >= 4 is 62.7 Å². The van der Waals surface area contributed by atoms with Gasteiger partial charge in [-0.2, -0.15) is 0 Å². The van der Waals surface area contributed by atoms with Crippen LogP contribution in [-0.4, -0.2) is 34.9 Å². The third-order valence-electron chi connectivity index (χ3n) is 4.69. The molecule has 1 aromatic carbocycles. The number of aryl methyl sites for hydroxylation is 3. The molecule has 0 saturated heterocycles. The molecule has 0 saturated carbocycles. The Hall–Kier alpha value is -3.16. The number of hydrogen-bond acceptors (Lipinski definition) is 8. The number of aromatic nitrogens is 6. The molecule has 0 spiro atoms. The first-order valence-electron chi connectivity index (χ1n) is 9.13. The van der Waals surface area contributed by atoms with E-state index in [0.29, 0.717) is 25.7 Å². The van der Waals surface area contributed by atoms with E-state index in [9.17, 15) is 14.4 Å². The molecular formula is C18H17ClN8O3S2. The van der Waals surface area contributed by atoms with Crippen molar-refractivity contribution in [1.29, 1.82) is 0 Å². The maximum Gasteiger partial charge on any atom is 0.332 e. The summed E-state index contributed by atoms with van der Waals surface area (Å²) in [4.78, 5) is 41.4. The first-order chi connectivity index (χ1) is 15.2. The van der Waals surface area contributed by atoms with Gasteiger partial charge in [0.05, 0.1) is 0 Å². The van der Waals surface area contributed by atoms with E-state index in [1.807, 2.05) is 6.92 Å². The molecule has 0 aliphatic carbocycles. The molecule has 0 fully saturated rings. The Morgan fingerprint density at radius 2 is 1.84 bits per heavy atom. The highest BCUT2D eigenvalue weighted by atomic mass is 35.5. The van der Waals surface area contributed by atoms with Crippen molar-refractivity contribution in [3.8, 4) is 0 Å². The van der Waals surface area contributed by atoms with Crippen LogP contribution in [0.5, 0.6) is 0 Å². The second-order valence-corrected chi connectivity index (χ2v) is 9.47. The Labute approximate surface area is 194 Å². The van der Waals surface area contributed by atoms with E-state index in [-0.39, 0.29) is 10.8 Å². The molecule has 3 aromatic heterocycles. The van der Waals surface area contributed by atoms with Crippen molar-refractivity contribution in [3.63, 3.8) is 0 Å². The average molecular weight is 493 g/mol. The Kier molecular flexibility index (Phi) is 5.79. The minimum Gasteiger partial charge on any atom is -0.316 e. The minimum atomic E-state index is -0.482. The van der Waals surface area contributed by atoms with Gasteiger partial charge in [0, 0.05) is 31.9 Å². The maximum atomic E-state index is 12.5. The van der Waals surface area contributed by atoms with E-state index >= 15 is 0 Å². The van der Waals surface area contributed by atoms with E-state index < -0.39 is 17.3 Å². The number of fused-ring (bicyclic) bond motifs is 1. The number of carbonyl (C=O) groups is 1. The van der Waals surface area contributed by atoms with Crippen LogP contribution in [0.3, 0.4) is 0 Å². The Balaban J connectivity index is 1.54. The molecule has 2 N–H and O–H groups in total. The van der Waals surface area contributed by atoms with Gasteiger partial charge in [-0.25, -0.2) is 14.6 Å². The fraction of sp³-hybridized carbons (Fsp3) is 0.222. The normalized spacial score (nSPS) is 11.2. The molecular weight excluding hydrogens is 476 g/mol. The first-order valence-corrected chi connectivity index (χ1v) is 11.1. The molecule has 14 heteroatoms. The number of urea groups is 1. The monoisotopic (exact) mass is 492 g/mol. The van der Waals surface area contributed by atoms with Crippen LogP contribution in [-0.2, 0) is 21.1 Å². The molecule has 0 unspecified atom stereocenters. The van der Waals surface area contributed by atoms with Gasteiger partial charge in [-0.15, -0.1) is 10.2 Å². The summed E-state index contributed by atoms with van der Waals surface area (Å²) < 4.78 is 4.45. The lowest BCUT2D eigenvalue weighted by Crippen LogP contribution is -2.37. The number of nitrogens with zero attached hydrogens (tertiary/aromatic N) is 6. The largest absolute Gasteiger partial charge is 0.332 e. The fourth-order valence-electron chi connectivity index (χ4n) is 2.95. The van der Waals surface area contributed by atoms with Crippen molar-refractivity contribution in [2.24, 2.45) is 21.1 Å². The molecule has 0 aliphatic rings. The smallest absolute Gasteiger partial charge is 0.316 e. The molecule has 0 bridgehead atoms. The molecule has 0 atom stereocenters. The Bertz CT molecular complexity index is 1490. The summed E-state index contributed by atoms with van der Waals surface area (Å²) in [5.74, 6) is 0. The second-order valence-electron chi connectivity index (χ2n) is 6.84. The number of halogens is 1. The van der Waals surface area contributed by atoms with Crippen LogP contribution in [0.15, 0.2) is 37.3 Å². The quantitative estimate of drug-likeness (QED) is 0.419. The summed E-state index contributed by atoms with van der Waals surface area (Å²) >= 11 is 8.29. The maximum absolute atomic E-state index is 12.5. The third-order valence-corrected chi connectivity index (χ3v) is 6.86. The molecule has 3 heterocycles. The molecule has 11 nitrogen and oxygen atoms in total. The van der Waals surface area contributed by atoms with Crippen molar-refractivity contribution in [2.45, 2.75) is 16.4 Å². The van der Waals surface area contributed by atoms with Crippen LogP contribution >= 0.6 is 34.7 Å². The van der Waals surface area contributed by atoms with Gasteiger partial charge in [0.1, 0.15) is 0 Å². The lowest BCUT2D eigenvalue weighted by Gasteiger charge is -2.08. The van der Waals surface area contributed by atoms with Gasteiger partial charge in [0.2, 0.25) is 5.13 Å². The molecule has 0 radical (unpaired) electrons. The molecule has 4 rings (SSSR count). The molecule has 32 heavy (non-hydrogen) atoms. The summed E-state index contributed by atoms with van der Waals surface area (Å²) in [5, 5.41) is 14.6. The average Bonchev–Trinajstić information content (AvgIpc) is 3.32. The molecule has 166 valence electrons. The van der Waals surface area contributed by atoms with Crippen LogP contribution in [0, 0.1) is 6.92 Å². The van der Waals surface area contributed by atoms with Crippen molar-refractivity contribution < 1.29 is 4.79 Å². The summed E-state index contributed by atoms with van der Waals surface area (Å²) in [6.45, 7) is 1.85. The number of rotatable bonds is 4. The summed E-state index contributed by atoms with van der Waals surface area (Å²) in [6.07, 6.45) is 0. The highest BCUT2D eigenvalue weighted by Gasteiger charge is 2.19. The number of imidazole rings is 1. The Morgan fingerprint density at radius 3 is 2.59 bits per heavy atom. The van der Waals surface area contributed by atoms with Crippen LogP contribution in [0.4, 0.5) is 15.6 Å². The van der Waals surface area contributed by atoms with Gasteiger partial charge >= 0.3 is 11.7 Å². The summed E-state index contributed by atoms with van der Waals surface area (Å²) in [5.41, 5.74) is 1.14. The zero-order valence-electron chi connectivity index (χ0n) is 17.3. The predicted octanol–water partition coefficient (Wildman–Crippen LogP) is 2.58. The van der Waals surface area contributed by atoms with Crippen LogP contribution in [0.25, 0.3) is 11.2 Å². The zero-order valence-corrected chi connectivity index (χ0v) is 19.7. The number of anilines is 2. The fourth-order valence-corrected chi connectivity index (χ4v) is 4.82. The van der Waals surface area contributed by atoms with Crippen molar-refractivity contribution in [3.05, 3.63) is 49.6 Å². The molecule has 2 amide bonds. The number of carbonyl (C=O) groups excluding carboxylic acids is 1. The topological polar surface area (TPSA) is 129 Å². The van der Waals surface area contributed by atoms with Gasteiger partial charge in [-0.3, -0.25) is 19.2 Å². The van der Waals surface area contributed by atoms with E-state index in [4.69, 9.17) is 11.6 Å². The number of amides is 2.